The SMILES string of the molecule is CCC(C)NC(=NCC(=O)N(C)C)N(C)Cc1ccc(F)cc1. The van der Waals surface area contributed by atoms with E-state index in [-0.39, 0.29) is 24.3 Å². The standard InChI is InChI=1S/C17H27FN4O/c1-6-13(2)20-17(19-11-16(23)21(3)4)22(5)12-14-7-9-15(18)10-8-14/h7-10,13H,6,11-12H2,1-5H3,(H,19,20). The molecule has 1 unspecified atom stereocenters. The van der Waals surface area contributed by atoms with E-state index in [1.165, 1.54) is 17.0 Å². The lowest BCUT2D eigenvalue weighted by molar-refractivity contribution is -0.127. The van der Waals surface area contributed by atoms with Crippen LogP contribution in [0.25, 0.3) is 0 Å². The molecule has 0 spiro atoms. The van der Waals surface area contributed by atoms with Gasteiger partial charge in [0.15, 0.2) is 5.96 Å². The maximum absolute atomic E-state index is 13.0. The van der Waals surface area contributed by atoms with Crippen molar-refractivity contribution in [1.29, 1.82) is 0 Å². The Morgan fingerprint density at radius 2 is 1.87 bits per heavy atom. The van der Waals surface area contributed by atoms with Crippen LogP contribution in [0.1, 0.15) is 25.8 Å². The van der Waals surface area contributed by atoms with E-state index in [1.807, 2.05) is 11.9 Å². The zero-order valence-corrected chi connectivity index (χ0v) is 14.6. The lowest BCUT2D eigenvalue weighted by atomic mass is 10.2. The molecule has 128 valence electrons. The van der Waals surface area contributed by atoms with Gasteiger partial charge in [-0.2, -0.15) is 0 Å². The molecule has 0 aliphatic carbocycles. The van der Waals surface area contributed by atoms with E-state index in [1.54, 1.807) is 26.2 Å². The summed E-state index contributed by atoms with van der Waals surface area (Å²) in [6.07, 6.45) is 0.949. The van der Waals surface area contributed by atoms with Gasteiger partial charge in [0, 0.05) is 33.7 Å². The van der Waals surface area contributed by atoms with Gasteiger partial charge in [-0.15, -0.1) is 0 Å². The first-order chi connectivity index (χ1) is 10.8. The largest absolute Gasteiger partial charge is 0.354 e. The second-order valence-corrected chi connectivity index (χ2v) is 5.86. The minimum atomic E-state index is -0.250. The van der Waals surface area contributed by atoms with Crippen molar-refractivity contribution in [2.75, 3.05) is 27.7 Å². The van der Waals surface area contributed by atoms with Gasteiger partial charge in [-0.05, 0) is 31.0 Å². The van der Waals surface area contributed by atoms with Crippen LogP contribution in [0, 0.1) is 5.82 Å². The first kappa shape index (κ1) is 18.9. The van der Waals surface area contributed by atoms with Gasteiger partial charge in [0.2, 0.25) is 5.91 Å². The van der Waals surface area contributed by atoms with Crippen molar-refractivity contribution >= 4 is 11.9 Å². The molecule has 1 aromatic rings. The third-order valence-corrected chi connectivity index (χ3v) is 3.55. The number of carbonyl (C=O) groups excluding carboxylic acids is 1. The summed E-state index contributed by atoms with van der Waals surface area (Å²) in [5.74, 6) is 0.363. The van der Waals surface area contributed by atoms with E-state index in [2.05, 4.69) is 24.2 Å². The van der Waals surface area contributed by atoms with Crippen molar-refractivity contribution in [2.45, 2.75) is 32.9 Å². The summed E-state index contributed by atoms with van der Waals surface area (Å²) >= 11 is 0. The van der Waals surface area contributed by atoms with Crippen LogP contribution in [0.4, 0.5) is 4.39 Å². The second-order valence-electron chi connectivity index (χ2n) is 5.86. The van der Waals surface area contributed by atoms with Crippen LogP contribution in [0.2, 0.25) is 0 Å². The lowest BCUT2D eigenvalue weighted by Crippen LogP contribution is -2.43. The predicted molar refractivity (Wildman–Crippen MR) is 91.8 cm³/mol. The molecule has 1 rings (SSSR count). The highest BCUT2D eigenvalue weighted by Crippen LogP contribution is 2.06. The molecule has 0 heterocycles. The molecule has 0 bridgehead atoms. The monoisotopic (exact) mass is 322 g/mol. The molecule has 5 nitrogen and oxygen atoms in total. The Morgan fingerprint density at radius 3 is 2.39 bits per heavy atom. The third kappa shape index (κ3) is 6.67. The van der Waals surface area contributed by atoms with Gasteiger partial charge in [0.1, 0.15) is 12.4 Å². The average molecular weight is 322 g/mol. The number of amides is 1. The molecule has 0 aromatic heterocycles. The van der Waals surface area contributed by atoms with Crippen LogP contribution >= 0.6 is 0 Å². The molecule has 0 saturated heterocycles. The van der Waals surface area contributed by atoms with Gasteiger partial charge in [-0.25, -0.2) is 9.38 Å². The summed E-state index contributed by atoms with van der Waals surface area (Å²) in [6.45, 7) is 4.83. The molecule has 1 atom stereocenters. The fourth-order valence-corrected chi connectivity index (χ4v) is 1.82. The van der Waals surface area contributed by atoms with Crippen molar-refractivity contribution in [1.82, 2.24) is 15.1 Å². The number of nitrogens with one attached hydrogen (secondary N) is 1. The Hall–Kier alpha value is -2.11. The van der Waals surface area contributed by atoms with E-state index in [0.717, 1.165) is 12.0 Å². The molecule has 6 heteroatoms. The second kappa shape index (κ2) is 9.12. The number of nitrogens with zero attached hydrogens (tertiary/aromatic N) is 3. The molecule has 23 heavy (non-hydrogen) atoms. The molecule has 0 aliphatic heterocycles. The van der Waals surface area contributed by atoms with Crippen LogP contribution in [-0.4, -0.2) is 55.4 Å². The Labute approximate surface area is 138 Å². The maximum Gasteiger partial charge on any atom is 0.243 e. The number of benzene rings is 1. The Balaban J connectivity index is 2.82. The van der Waals surface area contributed by atoms with E-state index < -0.39 is 0 Å². The quantitative estimate of drug-likeness (QED) is 0.644. The Morgan fingerprint density at radius 1 is 1.26 bits per heavy atom. The normalized spacial score (nSPS) is 12.7. The first-order valence-electron chi connectivity index (χ1n) is 7.80. The van der Waals surface area contributed by atoms with E-state index in [0.29, 0.717) is 12.5 Å². The zero-order chi connectivity index (χ0) is 17.4. The zero-order valence-electron chi connectivity index (χ0n) is 14.6. The molecule has 1 aromatic carbocycles. The highest BCUT2D eigenvalue weighted by Gasteiger charge is 2.11. The summed E-state index contributed by atoms with van der Waals surface area (Å²) in [6, 6.07) is 6.63. The topological polar surface area (TPSA) is 47.9 Å². The Kier molecular flexibility index (Phi) is 7.51. The van der Waals surface area contributed by atoms with Crippen LogP contribution in [0.5, 0.6) is 0 Å². The number of rotatable bonds is 6. The molecule has 0 fully saturated rings. The predicted octanol–water partition coefficient (Wildman–Crippen LogP) is 2.09. The van der Waals surface area contributed by atoms with E-state index >= 15 is 0 Å². The number of halogens is 1. The summed E-state index contributed by atoms with van der Waals surface area (Å²) in [4.78, 5) is 19.6. The van der Waals surface area contributed by atoms with Gasteiger partial charge < -0.3 is 15.1 Å². The number of carbonyl (C=O) groups is 1. The highest BCUT2D eigenvalue weighted by molar-refractivity contribution is 5.84. The maximum atomic E-state index is 13.0. The van der Waals surface area contributed by atoms with E-state index in [4.69, 9.17) is 0 Å². The number of likely N-dealkylation sites (N-methyl/N-ethyl adjacent to an activating group) is 1. The number of hydrogen-bond donors (Lipinski definition) is 1. The van der Waals surface area contributed by atoms with Crippen LogP contribution in [0.3, 0.4) is 0 Å². The average Bonchev–Trinajstić information content (AvgIpc) is 2.52. The van der Waals surface area contributed by atoms with Crippen molar-refractivity contribution in [3.63, 3.8) is 0 Å². The van der Waals surface area contributed by atoms with E-state index in [9.17, 15) is 9.18 Å². The first-order valence-corrected chi connectivity index (χ1v) is 7.80. The number of guanidine groups is 1. The van der Waals surface area contributed by atoms with Gasteiger partial charge in [0.25, 0.3) is 0 Å². The summed E-state index contributed by atoms with van der Waals surface area (Å²) in [5.41, 5.74) is 0.978. The van der Waals surface area contributed by atoms with Gasteiger partial charge in [-0.3, -0.25) is 4.79 Å². The van der Waals surface area contributed by atoms with Crippen molar-refractivity contribution in [2.24, 2.45) is 4.99 Å². The molecule has 0 aliphatic rings. The van der Waals surface area contributed by atoms with Gasteiger partial charge in [0.05, 0.1) is 0 Å². The molecule has 0 radical (unpaired) electrons. The summed E-state index contributed by atoms with van der Waals surface area (Å²) in [5, 5.41) is 3.32. The summed E-state index contributed by atoms with van der Waals surface area (Å²) in [7, 11) is 5.32. The van der Waals surface area contributed by atoms with Crippen molar-refractivity contribution in [3.8, 4) is 0 Å². The van der Waals surface area contributed by atoms with Crippen molar-refractivity contribution < 1.29 is 9.18 Å². The van der Waals surface area contributed by atoms with Crippen LogP contribution in [0.15, 0.2) is 29.3 Å². The molecular weight excluding hydrogens is 295 g/mol. The number of hydrogen-bond acceptors (Lipinski definition) is 2. The Bertz CT molecular complexity index is 528. The lowest BCUT2D eigenvalue weighted by Gasteiger charge is -2.25. The minimum absolute atomic E-state index is 0.0522. The fourth-order valence-electron chi connectivity index (χ4n) is 1.82. The van der Waals surface area contributed by atoms with Crippen molar-refractivity contribution in [3.05, 3.63) is 35.6 Å². The van der Waals surface area contributed by atoms with Gasteiger partial charge >= 0.3 is 0 Å². The third-order valence-electron chi connectivity index (χ3n) is 3.55. The van der Waals surface area contributed by atoms with Crippen LogP contribution < -0.4 is 5.32 Å². The highest BCUT2D eigenvalue weighted by atomic mass is 19.1. The molecule has 0 saturated carbocycles. The smallest absolute Gasteiger partial charge is 0.243 e. The fraction of sp³-hybridized carbons (Fsp3) is 0.529. The van der Waals surface area contributed by atoms with Crippen LogP contribution in [-0.2, 0) is 11.3 Å². The minimum Gasteiger partial charge on any atom is -0.354 e. The van der Waals surface area contributed by atoms with Gasteiger partial charge in [-0.1, -0.05) is 19.1 Å². The molecule has 1 amide bonds. The molecule has 1 N–H and O–H groups in total. The number of aliphatic imine (C=N–C) groups is 1. The summed E-state index contributed by atoms with van der Waals surface area (Å²) < 4.78 is 13.0. The molecular formula is C17H27FN4O.